The summed E-state index contributed by atoms with van der Waals surface area (Å²) in [5, 5.41) is 2.98. The highest BCUT2D eigenvalue weighted by Crippen LogP contribution is 2.11. The second-order valence-electron chi connectivity index (χ2n) is 3.89. The predicted octanol–water partition coefficient (Wildman–Crippen LogP) is 0.0191. The summed E-state index contributed by atoms with van der Waals surface area (Å²) in [6.07, 6.45) is 3.88. The Morgan fingerprint density at radius 2 is 2.25 bits per heavy atom. The van der Waals surface area contributed by atoms with Crippen LogP contribution in [0.5, 0.6) is 0 Å². The van der Waals surface area contributed by atoms with E-state index in [0.717, 1.165) is 11.4 Å². The molecule has 0 spiro atoms. The Labute approximate surface area is 94.3 Å². The molecular weight excluding hydrogens is 202 g/mol. The number of hydrogen-bond donors (Lipinski definition) is 3. The van der Waals surface area contributed by atoms with Gasteiger partial charge in [-0.05, 0) is 25.1 Å². The van der Waals surface area contributed by atoms with Crippen LogP contribution in [0.3, 0.4) is 0 Å². The third-order valence-corrected chi connectivity index (χ3v) is 2.31. The molecule has 2 rings (SSSR count). The Bertz CT molecular complexity index is 451. The van der Waals surface area contributed by atoms with E-state index in [1.54, 1.807) is 12.3 Å². The van der Waals surface area contributed by atoms with E-state index in [0.29, 0.717) is 12.3 Å². The van der Waals surface area contributed by atoms with Crippen molar-refractivity contribution >= 4 is 5.84 Å². The molecule has 0 aliphatic carbocycles. The van der Waals surface area contributed by atoms with Gasteiger partial charge in [0.25, 0.3) is 0 Å². The van der Waals surface area contributed by atoms with Gasteiger partial charge in [0.05, 0.1) is 0 Å². The molecule has 5 nitrogen and oxygen atoms in total. The van der Waals surface area contributed by atoms with E-state index in [1.807, 2.05) is 25.1 Å². The lowest BCUT2D eigenvalue weighted by Crippen LogP contribution is -2.54. The fourth-order valence-corrected chi connectivity index (χ4v) is 1.64. The number of aryl methyl sites for hydroxylation is 1. The van der Waals surface area contributed by atoms with Crippen molar-refractivity contribution in [3.8, 4) is 0 Å². The fraction of sp³-hybridized carbons (Fsp3) is 0.273. The summed E-state index contributed by atoms with van der Waals surface area (Å²) in [4.78, 5) is 8.56. The zero-order chi connectivity index (χ0) is 11.6. The number of amidine groups is 1. The molecule has 0 saturated heterocycles. The molecule has 5 N–H and O–H groups in total. The average Bonchev–Trinajstić information content (AvgIpc) is 2.16. The maximum Gasteiger partial charge on any atom is 0.189 e. The van der Waals surface area contributed by atoms with E-state index in [4.69, 9.17) is 11.5 Å². The molecule has 1 atom stereocenters. The minimum atomic E-state index is -0.889. The van der Waals surface area contributed by atoms with E-state index in [-0.39, 0.29) is 0 Å². The van der Waals surface area contributed by atoms with Crippen LogP contribution in [0.15, 0.2) is 35.5 Å². The zero-order valence-electron chi connectivity index (χ0n) is 9.14. The Morgan fingerprint density at radius 1 is 1.44 bits per heavy atom. The Morgan fingerprint density at radius 3 is 2.94 bits per heavy atom. The van der Waals surface area contributed by atoms with Crippen LogP contribution in [0.1, 0.15) is 11.4 Å². The highest BCUT2D eigenvalue weighted by atomic mass is 15.3. The van der Waals surface area contributed by atoms with Crippen molar-refractivity contribution in [2.24, 2.45) is 16.5 Å². The maximum atomic E-state index is 6.06. The molecule has 1 aliphatic rings. The van der Waals surface area contributed by atoms with Gasteiger partial charge in [-0.3, -0.25) is 10.7 Å². The summed E-state index contributed by atoms with van der Waals surface area (Å²) in [6.45, 7) is 1.94. The Hall–Kier alpha value is -1.88. The Balaban J connectivity index is 2.18. The third-order valence-electron chi connectivity index (χ3n) is 2.31. The molecule has 0 bridgehead atoms. The highest BCUT2D eigenvalue weighted by molar-refractivity contribution is 5.92. The van der Waals surface area contributed by atoms with Crippen molar-refractivity contribution in [2.45, 2.75) is 19.1 Å². The van der Waals surface area contributed by atoms with Crippen molar-refractivity contribution in [3.63, 3.8) is 0 Å². The topological polar surface area (TPSA) is 89.3 Å². The van der Waals surface area contributed by atoms with Crippen molar-refractivity contribution in [2.75, 3.05) is 0 Å². The number of pyridine rings is 1. The first kappa shape index (κ1) is 10.6. The van der Waals surface area contributed by atoms with Gasteiger partial charge in [0.2, 0.25) is 0 Å². The van der Waals surface area contributed by atoms with E-state index in [9.17, 15) is 0 Å². The summed E-state index contributed by atoms with van der Waals surface area (Å²) < 4.78 is 0. The van der Waals surface area contributed by atoms with Gasteiger partial charge in [-0.25, -0.2) is 4.99 Å². The number of nitrogens with two attached hydrogens (primary N) is 2. The predicted molar refractivity (Wildman–Crippen MR) is 63.5 cm³/mol. The largest absolute Gasteiger partial charge is 0.384 e. The molecule has 1 unspecified atom stereocenters. The first-order chi connectivity index (χ1) is 7.57. The van der Waals surface area contributed by atoms with Gasteiger partial charge < -0.3 is 11.1 Å². The lowest BCUT2D eigenvalue weighted by molar-refractivity contribution is 0.386. The van der Waals surface area contributed by atoms with Crippen LogP contribution in [0, 0.1) is 6.92 Å². The molecule has 2 heterocycles. The molecule has 0 radical (unpaired) electrons. The molecule has 1 aliphatic heterocycles. The SMILES string of the molecule is Cc1cccc(CC2(N)N=C(N)C=CN2)n1. The molecule has 16 heavy (non-hydrogen) atoms. The molecule has 5 heteroatoms. The smallest absolute Gasteiger partial charge is 0.189 e. The standard InChI is InChI=1S/C11H15N5/c1-8-3-2-4-9(15-8)7-11(13)14-6-5-10(12)16-11/h2-6,14H,7,13H2,1H3,(H2,12,16). The summed E-state index contributed by atoms with van der Waals surface area (Å²) in [7, 11) is 0. The number of rotatable bonds is 2. The van der Waals surface area contributed by atoms with Crippen LogP contribution in [0.2, 0.25) is 0 Å². The molecular formula is C11H15N5. The van der Waals surface area contributed by atoms with Gasteiger partial charge >= 0.3 is 0 Å². The van der Waals surface area contributed by atoms with Crippen LogP contribution < -0.4 is 16.8 Å². The minimum absolute atomic E-state index is 0.425. The average molecular weight is 217 g/mol. The molecule has 1 aromatic heterocycles. The number of hydrogen-bond acceptors (Lipinski definition) is 5. The second kappa shape index (κ2) is 3.94. The van der Waals surface area contributed by atoms with Gasteiger partial charge in [-0.1, -0.05) is 6.07 Å². The van der Waals surface area contributed by atoms with E-state index < -0.39 is 5.79 Å². The zero-order valence-corrected chi connectivity index (χ0v) is 9.14. The van der Waals surface area contributed by atoms with E-state index >= 15 is 0 Å². The summed E-state index contributed by atoms with van der Waals surface area (Å²) in [6, 6.07) is 5.82. The molecule has 0 fully saturated rings. The summed E-state index contributed by atoms with van der Waals surface area (Å²) in [5.41, 5.74) is 13.5. The first-order valence-electron chi connectivity index (χ1n) is 5.08. The van der Waals surface area contributed by atoms with Crippen molar-refractivity contribution < 1.29 is 0 Å². The number of aromatic nitrogens is 1. The van der Waals surface area contributed by atoms with Crippen LogP contribution >= 0.6 is 0 Å². The fourth-order valence-electron chi connectivity index (χ4n) is 1.64. The van der Waals surface area contributed by atoms with Crippen molar-refractivity contribution in [3.05, 3.63) is 41.9 Å². The highest BCUT2D eigenvalue weighted by Gasteiger charge is 2.25. The summed E-state index contributed by atoms with van der Waals surface area (Å²) >= 11 is 0. The van der Waals surface area contributed by atoms with E-state index in [2.05, 4.69) is 15.3 Å². The molecule has 1 aromatic rings. The lowest BCUT2D eigenvalue weighted by Gasteiger charge is -2.28. The van der Waals surface area contributed by atoms with Crippen LogP contribution in [-0.2, 0) is 6.42 Å². The number of aliphatic imine (C=N–C) groups is 1. The van der Waals surface area contributed by atoms with Crippen LogP contribution in [-0.4, -0.2) is 16.6 Å². The first-order valence-corrected chi connectivity index (χ1v) is 5.08. The molecule has 0 amide bonds. The lowest BCUT2D eigenvalue weighted by atomic mass is 10.1. The van der Waals surface area contributed by atoms with Gasteiger partial charge in [-0.15, -0.1) is 0 Å². The van der Waals surface area contributed by atoms with Crippen LogP contribution in [0.25, 0.3) is 0 Å². The van der Waals surface area contributed by atoms with Gasteiger partial charge in [-0.2, -0.15) is 0 Å². The monoisotopic (exact) mass is 217 g/mol. The van der Waals surface area contributed by atoms with Gasteiger partial charge in [0.15, 0.2) is 5.79 Å². The van der Waals surface area contributed by atoms with Crippen LogP contribution in [0.4, 0.5) is 0 Å². The normalized spacial score (nSPS) is 23.8. The molecule has 84 valence electrons. The Kier molecular flexibility index (Phi) is 2.62. The van der Waals surface area contributed by atoms with Crippen molar-refractivity contribution in [1.29, 1.82) is 0 Å². The van der Waals surface area contributed by atoms with Gasteiger partial charge in [0.1, 0.15) is 5.84 Å². The third kappa shape index (κ3) is 2.38. The minimum Gasteiger partial charge on any atom is -0.384 e. The molecule has 0 saturated carbocycles. The van der Waals surface area contributed by atoms with Crippen molar-refractivity contribution in [1.82, 2.24) is 10.3 Å². The summed E-state index contributed by atoms with van der Waals surface area (Å²) in [5.74, 6) is -0.464. The molecule has 0 aromatic carbocycles. The second-order valence-corrected chi connectivity index (χ2v) is 3.89. The number of nitrogens with one attached hydrogen (secondary N) is 1. The number of nitrogens with zero attached hydrogens (tertiary/aromatic N) is 2. The quantitative estimate of drug-likeness (QED) is 0.651. The maximum absolute atomic E-state index is 6.06. The van der Waals surface area contributed by atoms with Gasteiger partial charge in [0, 0.05) is 24.0 Å². The van der Waals surface area contributed by atoms with E-state index in [1.165, 1.54) is 0 Å².